The minimum atomic E-state index is -0.184. The van der Waals surface area contributed by atoms with E-state index in [1.807, 2.05) is 30.3 Å². The zero-order valence-electron chi connectivity index (χ0n) is 17.8. The van der Waals surface area contributed by atoms with Gasteiger partial charge < -0.3 is 20.1 Å². The molecule has 2 aromatic heterocycles. The summed E-state index contributed by atoms with van der Waals surface area (Å²) in [5, 5.41) is 12.1. The predicted molar refractivity (Wildman–Crippen MR) is 122 cm³/mol. The lowest BCUT2D eigenvalue weighted by Crippen LogP contribution is -2.31. The second-order valence-corrected chi connectivity index (χ2v) is 7.74. The highest BCUT2D eigenvalue weighted by Crippen LogP contribution is 2.24. The minimum Gasteiger partial charge on any atom is -0.484 e. The summed E-state index contributed by atoms with van der Waals surface area (Å²) in [7, 11) is 1.66. The molecule has 3 aromatic rings. The maximum Gasteiger partial charge on any atom is 0.258 e. The quantitative estimate of drug-likeness (QED) is 0.236. The van der Waals surface area contributed by atoms with E-state index in [4.69, 9.17) is 9.47 Å². The number of nitrogens with zero attached hydrogens (tertiary/aromatic N) is 4. The first-order chi connectivity index (χ1) is 15.2. The summed E-state index contributed by atoms with van der Waals surface area (Å²) in [6.45, 7) is 4.22. The third-order valence-corrected chi connectivity index (χ3v) is 5.32. The molecule has 0 aliphatic carbocycles. The van der Waals surface area contributed by atoms with Crippen molar-refractivity contribution in [2.24, 2.45) is 0 Å². The topological polar surface area (TPSA) is 103 Å². The third-order valence-electron chi connectivity index (χ3n) is 4.27. The van der Waals surface area contributed by atoms with E-state index in [-0.39, 0.29) is 12.5 Å². The molecule has 2 heterocycles. The van der Waals surface area contributed by atoms with Gasteiger partial charge in [0.05, 0.1) is 24.7 Å². The van der Waals surface area contributed by atoms with E-state index in [1.165, 1.54) is 0 Å². The summed E-state index contributed by atoms with van der Waals surface area (Å²) in [4.78, 5) is 21.4. The summed E-state index contributed by atoms with van der Waals surface area (Å²) in [6, 6.07) is 9.26. The Labute approximate surface area is 185 Å². The molecule has 0 fully saturated rings. The fourth-order valence-electron chi connectivity index (χ4n) is 2.78. The van der Waals surface area contributed by atoms with Gasteiger partial charge in [-0.1, -0.05) is 36.9 Å². The second kappa shape index (κ2) is 12.1. The molecule has 0 saturated heterocycles. The van der Waals surface area contributed by atoms with Gasteiger partial charge in [-0.15, -0.1) is 0 Å². The van der Waals surface area contributed by atoms with Crippen LogP contribution in [0.3, 0.4) is 0 Å². The summed E-state index contributed by atoms with van der Waals surface area (Å²) >= 11 is 1.61. The molecule has 0 spiro atoms. The molecule has 0 radical (unpaired) electrons. The molecule has 0 aliphatic heterocycles. The largest absolute Gasteiger partial charge is 0.484 e. The van der Waals surface area contributed by atoms with Crippen LogP contribution in [0.25, 0.3) is 11.0 Å². The number of para-hydroxylation sites is 1. The van der Waals surface area contributed by atoms with E-state index >= 15 is 0 Å². The number of anilines is 1. The number of hydrogen-bond acceptors (Lipinski definition) is 8. The smallest absolute Gasteiger partial charge is 0.258 e. The van der Waals surface area contributed by atoms with Gasteiger partial charge in [-0.2, -0.15) is 5.10 Å². The first-order valence-corrected chi connectivity index (χ1v) is 11.2. The summed E-state index contributed by atoms with van der Waals surface area (Å²) < 4.78 is 12.4. The number of rotatable bonds is 13. The van der Waals surface area contributed by atoms with Crippen LogP contribution in [0.2, 0.25) is 0 Å². The van der Waals surface area contributed by atoms with Crippen LogP contribution in [0.15, 0.2) is 41.7 Å². The lowest BCUT2D eigenvalue weighted by Gasteiger charge is -2.10. The Morgan fingerprint density at radius 3 is 2.81 bits per heavy atom. The third kappa shape index (κ3) is 6.83. The van der Waals surface area contributed by atoms with Crippen molar-refractivity contribution < 1.29 is 14.3 Å². The van der Waals surface area contributed by atoms with E-state index in [2.05, 4.69) is 32.6 Å². The lowest BCUT2D eigenvalue weighted by molar-refractivity contribution is -0.123. The number of carbonyl (C=O) groups is 1. The normalized spacial score (nSPS) is 10.9. The zero-order chi connectivity index (χ0) is 21.9. The highest BCUT2D eigenvalue weighted by atomic mass is 32.2. The van der Waals surface area contributed by atoms with Crippen LogP contribution < -0.4 is 15.4 Å². The van der Waals surface area contributed by atoms with Gasteiger partial charge in [0.2, 0.25) is 0 Å². The summed E-state index contributed by atoms with van der Waals surface area (Å²) in [5.41, 5.74) is 0.739. The van der Waals surface area contributed by atoms with Crippen LogP contribution in [0.1, 0.15) is 13.3 Å². The Bertz CT molecular complexity index is 966. The highest BCUT2D eigenvalue weighted by molar-refractivity contribution is 7.99. The molecule has 0 atom stereocenters. The van der Waals surface area contributed by atoms with Gasteiger partial charge in [-0.05, 0) is 18.6 Å². The van der Waals surface area contributed by atoms with Crippen molar-refractivity contribution in [3.63, 3.8) is 0 Å². The van der Waals surface area contributed by atoms with Gasteiger partial charge in [0.15, 0.2) is 17.4 Å². The summed E-state index contributed by atoms with van der Waals surface area (Å²) in [6.07, 6.45) is 2.79. The lowest BCUT2D eigenvalue weighted by atomic mass is 10.3. The average molecular weight is 445 g/mol. The standard InChI is InChI=1S/C21H28N6O3S/c1-3-13-31-21-25-19(23-10-12-29-2)17-14-24-27(20(17)26-21)11-9-22-18(28)15-30-16-7-5-4-6-8-16/h4-8,14H,3,9-13,15H2,1-2H3,(H,22,28)(H,23,25,26). The van der Waals surface area contributed by atoms with Crippen molar-refractivity contribution in [1.82, 2.24) is 25.1 Å². The molecule has 31 heavy (non-hydrogen) atoms. The summed E-state index contributed by atoms with van der Waals surface area (Å²) in [5.74, 6) is 2.16. The number of methoxy groups -OCH3 is 1. The molecule has 9 nitrogen and oxygen atoms in total. The molecular weight excluding hydrogens is 416 g/mol. The predicted octanol–water partition coefficient (Wildman–Crippen LogP) is 2.58. The SMILES string of the molecule is CCCSc1nc(NCCOC)c2cnn(CCNC(=O)COc3ccccc3)c2n1. The molecule has 1 amide bonds. The van der Waals surface area contributed by atoms with Gasteiger partial charge in [0.25, 0.3) is 5.91 Å². The van der Waals surface area contributed by atoms with Crippen molar-refractivity contribution in [3.05, 3.63) is 36.5 Å². The van der Waals surface area contributed by atoms with E-state index in [1.54, 1.807) is 29.8 Å². The Kier molecular flexibility index (Phi) is 8.92. The van der Waals surface area contributed by atoms with Crippen LogP contribution in [0, 0.1) is 0 Å². The van der Waals surface area contributed by atoms with Gasteiger partial charge in [0, 0.05) is 26.0 Å². The Balaban J connectivity index is 1.61. The number of nitrogens with one attached hydrogen (secondary N) is 2. The van der Waals surface area contributed by atoms with Crippen molar-refractivity contribution in [2.45, 2.75) is 25.0 Å². The maximum atomic E-state index is 12.1. The van der Waals surface area contributed by atoms with E-state index < -0.39 is 0 Å². The number of thioether (sulfide) groups is 1. The number of carbonyl (C=O) groups excluding carboxylic acids is 1. The Hall–Kier alpha value is -2.85. The van der Waals surface area contributed by atoms with Gasteiger partial charge >= 0.3 is 0 Å². The molecule has 10 heteroatoms. The molecule has 0 aliphatic rings. The van der Waals surface area contributed by atoms with E-state index in [0.29, 0.717) is 37.1 Å². The van der Waals surface area contributed by atoms with Gasteiger partial charge in [-0.25, -0.2) is 14.6 Å². The molecule has 0 unspecified atom stereocenters. The zero-order valence-corrected chi connectivity index (χ0v) is 18.7. The van der Waals surface area contributed by atoms with Gasteiger partial charge in [-0.3, -0.25) is 4.79 Å². The molecule has 2 N–H and O–H groups in total. The number of ether oxygens (including phenoxy) is 2. The average Bonchev–Trinajstić information content (AvgIpc) is 3.20. The molecule has 1 aromatic carbocycles. The highest BCUT2D eigenvalue weighted by Gasteiger charge is 2.13. The number of fused-ring (bicyclic) bond motifs is 1. The fourth-order valence-corrected chi connectivity index (χ4v) is 3.47. The minimum absolute atomic E-state index is 0.0303. The number of amides is 1. The molecular formula is C21H28N6O3S. The monoisotopic (exact) mass is 444 g/mol. The van der Waals surface area contributed by atoms with Crippen LogP contribution >= 0.6 is 11.8 Å². The number of benzene rings is 1. The van der Waals surface area contributed by atoms with E-state index in [9.17, 15) is 4.79 Å². The second-order valence-electron chi connectivity index (χ2n) is 6.68. The molecule has 0 saturated carbocycles. The van der Waals surface area contributed by atoms with E-state index in [0.717, 1.165) is 29.0 Å². The Morgan fingerprint density at radius 1 is 1.19 bits per heavy atom. The van der Waals surface area contributed by atoms with Crippen molar-refractivity contribution >= 4 is 34.5 Å². The molecule has 0 bridgehead atoms. The van der Waals surface area contributed by atoms with Crippen LogP contribution in [-0.2, 0) is 16.1 Å². The van der Waals surface area contributed by atoms with Crippen molar-refractivity contribution in [3.8, 4) is 5.75 Å². The van der Waals surface area contributed by atoms with Crippen LogP contribution in [0.5, 0.6) is 5.75 Å². The van der Waals surface area contributed by atoms with Gasteiger partial charge in [0.1, 0.15) is 11.6 Å². The molecule has 3 rings (SSSR count). The van der Waals surface area contributed by atoms with Crippen molar-refractivity contribution in [2.75, 3.05) is 44.5 Å². The number of aromatic nitrogens is 4. The first-order valence-electron chi connectivity index (χ1n) is 10.2. The fraction of sp³-hybridized carbons (Fsp3) is 0.429. The van der Waals surface area contributed by atoms with Crippen LogP contribution in [0.4, 0.5) is 5.82 Å². The number of hydrogen-bond donors (Lipinski definition) is 2. The first kappa shape index (κ1) is 22.8. The Morgan fingerprint density at radius 2 is 2.03 bits per heavy atom. The molecule has 166 valence electrons. The van der Waals surface area contributed by atoms with Crippen LogP contribution in [-0.4, -0.2) is 64.8 Å². The van der Waals surface area contributed by atoms with Crippen molar-refractivity contribution in [1.29, 1.82) is 0 Å². The maximum absolute atomic E-state index is 12.1.